The zero-order chi connectivity index (χ0) is 21.3. The van der Waals surface area contributed by atoms with Gasteiger partial charge in [0, 0.05) is 17.8 Å². The lowest BCUT2D eigenvalue weighted by atomic mass is 10.0. The van der Waals surface area contributed by atoms with Crippen LogP contribution in [0.4, 0.5) is 11.4 Å². The molecule has 1 heterocycles. The number of fused-ring (bicyclic) bond motifs is 1. The Kier molecular flexibility index (Phi) is 5.35. The summed E-state index contributed by atoms with van der Waals surface area (Å²) in [6.45, 7) is 4.40. The molecule has 154 valence electrons. The summed E-state index contributed by atoms with van der Waals surface area (Å²) in [7, 11) is -3.69. The van der Waals surface area contributed by atoms with Gasteiger partial charge in [0.1, 0.15) is 0 Å². The van der Waals surface area contributed by atoms with Crippen LogP contribution in [-0.4, -0.2) is 20.9 Å². The summed E-state index contributed by atoms with van der Waals surface area (Å²) in [5.74, 6) is -0.268. The smallest absolute Gasteiger partial charge is 0.264 e. The lowest BCUT2D eigenvalue weighted by Gasteiger charge is -2.30. The van der Waals surface area contributed by atoms with Crippen LogP contribution in [-0.2, 0) is 16.4 Å². The molecule has 0 bridgehead atoms. The van der Waals surface area contributed by atoms with E-state index in [9.17, 15) is 13.2 Å². The Labute approximate surface area is 177 Å². The fourth-order valence-electron chi connectivity index (χ4n) is 3.74. The number of nitrogens with zero attached hydrogens (tertiary/aromatic N) is 1. The van der Waals surface area contributed by atoms with E-state index in [0.717, 1.165) is 40.9 Å². The van der Waals surface area contributed by atoms with Crippen molar-refractivity contribution in [3.8, 4) is 0 Å². The molecule has 5 nitrogen and oxygen atoms in total. The Morgan fingerprint density at radius 2 is 1.67 bits per heavy atom. The quantitative estimate of drug-likeness (QED) is 0.665. The number of para-hydroxylation sites is 1. The first-order chi connectivity index (χ1) is 14.4. The van der Waals surface area contributed by atoms with E-state index in [1.54, 1.807) is 12.1 Å². The van der Waals surface area contributed by atoms with Gasteiger partial charge < -0.3 is 5.32 Å². The van der Waals surface area contributed by atoms with Gasteiger partial charge >= 0.3 is 0 Å². The van der Waals surface area contributed by atoms with Crippen molar-refractivity contribution in [2.75, 3.05) is 16.2 Å². The highest BCUT2D eigenvalue weighted by molar-refractivity contribution is 7.92. The standard InChI is InChI=1S/C24H24N2O3S/c1-17-7-5-10-22(18(17)2)25-24(27)20-12-14-21(15-13-20)30(28,29)26-16-6-9-19-8-3-4-11-23(19)26/h3-5,7-8,10-15H,6,9,16H2,1-2H3,(H,25,27). The summed E-state index contributed by atoms with van der Waals surface area (Å²) < 4.78 is 27.9. The molecule has 6 heteroatoms. The number of aryl methyl sites for hydroxylation is 2. The molecule has 0 saturated carbocycles. The lowest BCUT2D eigenvalue weighted by molar-refractivity contribution is 0.102. The van der Waals surface area contributed by atoms with E-state index in [2.05, 4.69) is 5.32 Å². The molecule has 0 aromatic heterocycles. The number of hydrogen-bond donors (Lipinski definition) is 1. The minimum Gasteiger partial charge on any atom is -0.322 e. The van der Waals surface area contributed by atoms with Crippen molar-refractivity contribution < 1.29 is 13.2 Å². The van der Waals surface area contributed by atoms with Crippen molar-refractivity contribution in [2.45, 2.75) is 31.6 Å². The highest BCUT2D eigenvalue weighted by atomic mass is 32.2. The molecule has 3 aromatic rings. The Balaban J connectivity index is 1.58. The van der Waals surface area contributed by atoms with E-state index in [0.29, 0.717) is 12.1 Å². The predicted octanol–water partition coefficient (Wildman–Crippen LogP) is 4.70. The molecule has 1 N–H and O–H groups in total. The Hall–Kier alpha value is -3.12. The van der Waals surface area contributed by atoms with Gasteiger partial charge in [-0.1, -0.05) is 30.3 Å². The Morgan fingerprint density at radius 3 is 2.43 bits per heavy atom. The van der Waals surface area contributed by atoms with Crippen LogP contribution in [0.25, 0.3) is 0 Å². The molecular weight excluding hydrogens is 396 g/mol. The van der Waals surface area contributed by atoms with Gasteiger partial charge in [0.15, 0.2) is 0 Å². The van der Waals surface area contributed by atoms with E-state index in [-0.39, 0.29) is 10.8 Å². The van der Waals surface area contributed by atoms with Gasteiger partial charge in [-0.15, -0.1) is 0 Å². The summed E-state index contributed by atoms with van der Waals surface area (Å²) in [5, 5.41) is 2.90. The molecule has 30 heavy (non-hydrogen) atoms. The fraction of sp³-hybridized carbons (Fsp3) is 0.208. The van der Waals surface area contributed by atoms with E-state index in [1.165, 1.54) is 16.4 Å². The number of carbonyl (C=O) groups is 1. The van der Waals surface area contributed by atoms with Crippen molar-refractivity contribution in [3.05, 3.63) is 89.0 Å². The summed E-state index contributed by atoms with van der Waals surface area (Å²) >= 11 is 0. The minimum atomic E-state index is -3.69. The van der Waals surface area contributed by atoms with Gasteiger partial charge in [0.2, 0.25) is 0 Å². The maximum atomic E-state index is 13.2. The normalized spacial score (nSPS) is 13.6. The third-order valence-corrected chi connectivity index (χ3v) is 7.45. The SMILES string of the molecule is Cc1cccc(NC(=O)c2ccc(S(=O)(=O)N3CCCc4ccccc43)cc2)c1C. The third kappa shape index (κ3) is 3.71. The van der Waals surface area contributed by atoms with Gasteiger partial charge in [0.05, 0.1) is 10.6 Å². The monoisotopic (exact) mass is 420 g/mol. The largest absolute Gasteiger partial charge is 0.322 e. The van der Waals surface area contributed by atoms with E-state index in [1.807, 2.05) is 56.3 Å². The second-order valence-corrected chi connectivity index (χ2v) is 9.40. The highest BCUT2D eigenvalue weighted by Gasteiger charge is 2.28. The molecule has 0 saturated heterocycles. The summed E-state index contributed by atoms with van der Waals surface area (Å²) in [6.07, 6.45) is 1.66. The molecule has 1 amide bonds. The first-order valence-electron chi connectivity index (χ1n) is 9.96. The maximum absolute atomic E-state index is 13.2. The van der Waals surface area contributed by atoms with Gasteiger partial charge in [-0.2, -0.15) is 0 Å². The summed E-state index contributed by atoms with van der Waals surface area (Å²) in [4.78, 5) is 12.8. The summed E-state index contributed by atoms with van der Waals surface area (Å²) in [5.41, 5.74) is 5.04. The average molecular weight is 421 g/mol. The fourth-order valence-corrected chi connectivity index (χ4v) is 5.28. The Morgan fingerprint density at radius 1 is 0.933 bits per heavy atom. The number of anilines is 2. The number of carbonyl (C=O) groups excluding carboxylic acids is 1. The molecule has 0 atom stereocenters. The molecule has 0 fully saturated rings. The lowest BCUT2D eigenvalue weighted by Crippen LogP contribution is -2.35. The van der Waals surface area contributed by atoms with E-state index < -0.39 is 10.0 Å². The molecule has 0 aliphatic carbocycles. The van der Waals surface area contributed by atoms with Crippen LogP contribution in [0.5, 0.6) is 0 Å². The van der Waals surface area contributed by atoms with Crippen LogP contribution in [0.15, 0.2) is 71.6 Å². The minimum absolute atomic E-state index is 0.183. The van der Waals surface area contributed by atoms with Crippen LogP contribution >= 0.6 is 0 Å². The number of sulfonamides is 1. The number of amides is 1. The molecule has 0 spiro atoms. The van der Waals surface area contributed by atoms with Gasteiger partial charge in [-0.3, -0.25) is 9.10 Å². The third-order valence-electron chi connectivity index (χ3n) is 5.62. The molecule has 1 aliphatic heterocycles. The zero-order valence-electron chi connectivity index (χ0n) is 17.1. The number of rotatable bonds is 4. The highest BCUT2D eigenvalue weighted by Crippen LogP contribution is 2.31. The Bertz CT molecular complexity index is 1200. The average Bonchev–Trinajstić information content (AvgIpc) is 2.76. The summed E-state index contributed by atoms with van der Waals surface area (Å²) in [6, 6.07) is 19.5. The van der Waals surface area contributed by atoms with E-state index >= 15 is 0 Å². The molecule has 1 aliphatic rings. The van der Waals surface area contributed by atoms with Crippen molar-refractivity contribution in [3.63, 3.8) is 0 Å². The van der Waals surface area contributed by atoms with Crippen LogP contribution in [0.3, 0.4) is 0 Å². The number of nitrogens with one attached hydrogen (secondary N) is 1. The van der Waals surface area contributed by atoms with Gasteiger partial charge in [-0.05, 0) is 79.8 Å². The van der Waals surface area contributed by atoms with Crippen molar-refractivity contribution in [2.24, 2.45) is 0 Å². The number of hydrogen-bond acceptors (Lipinski definition) is 3. The van der Waals surface area contributed by atoms with E-state index in [4.69, 9.17) is 0 Å². The van der Waals surface area contributed by atoms with Gasteiger partial charge in [-0.25, -0.2) is 8.42 Å². The molecule has 3 aromatic carbocycles. The van der Waals surface area contributed by atoms with Crippen molar-refractivity contribution >= 4 is 27.3 Å². The molecule has 0 unspecified atom stereocenters. The first-order valence-corrected chi connectivity index (χ1v) is 11.4. The van der Waals surface area contributed by atoms with Crippen LogP contribution in [0.2, 0.25) is 0 Å². The number of benzene rings is 3. The maximum Gasteiger partial charge on any atom is 0.264 e. The topological polar surface area (TPSA) is 66.5 Å². The van der Waals surface area contributed by atoms with Crippen LogP contribution in [0.1, 0.15) is 33.5 Å². The zero-order valence-corrected chi connectivity index (χ0v) is 17.9. The molecule has 0 radical (unpaired) electrons. The molecular formula is C24H24N2O3S. The predicted molar refractivity (Wildman–Crippen MR) is 120 cm³/mol. The van der Waals surface area contributed by atoms with Crippen molar-refractivity contribution in [1.29, 1.82) is 0 Å². The van der Waals surface area contributed by atoms with Gasteiger partial charge in [0.25, 0.3) is 15.9 Å². The van der Waals surface area contributed by atoms with Crippen LogP contribution in [0, 0.1) is 13.8 Å². The van der Waals surface area contributed by atoms with Crippen LogP contribution < -0.4 is 9.62 Å². The molecule has 4 rings (SSSR count). The van der Waals surface area contributed by atoms with Crippen molar-refractivity contribution in [1.82, 2.24) is 0 Å². The second kappa shape index (κ2) is 7.95. The first kappa shape index (κ1) is 20.2. The second-order valence-electron chi connectivity index (χ2n) is 7.54.